The number of ketones is 1. The topological polar surface area (TPSA) is 17.1 Å². The number of rotatable bonds is 2. The average Bonchev–Trinajstić information content (AvgIpc) is 2.26. The molecule has 2 rings (SSSR count). The van der Waals surface area contributed by atoms with Crippen LogP contribution in [-0.4, -0.2) is 5.78 Å². The summed E-state index contributed by atoms with van der Waals surface area (Å²) >= 11 is 6.50. The Bertz CT molecular complexity index is 606. The van der Waals surface area contributed by atoms with E-state index in [2.05, 4.69) is 31.9 Å². The third-order valence-electron chi connectivity index (χ3n) is 2.30. The lowest BCUT2D eigenvalue weighted by Crippen LogP contribution is -2.04. The van der Waals surface area contributed by atoms with Crippen molar-refractivity contribution in [2.24, 2.45) is 0 Å². The van der Waals surface area contributed by atoms with Gasteiger partial charge >= 0.3 is 0 Å². The number of benzene rings is 2. The predicted molar refractivity (Wildman–Crippen MR) is 71.6 cm³/mol. The summed E-state index contributed by atoms with van der Waals surface area (Å²) in [4.78, 5) is 12.1. The fourth-order valence-electron chi connectivity index (χ4n) is 1.51. The molecule has 0 radical (unpaired) electrons. The van der Waals surface area contributed by atoms with Crippen molar-refractivity contribution in [1.82, 2.24) is 0 Å². The molecule has 5 heteroatoms. The minimum atomic E-state index is -0.865. The fraction of sp³-hybridized carbons (Fsp3) is 0. The van der Waals surface area contributed by atoms with Crippen LogP contribution in [0, 0.1) is 11.6 Å². The lowest BCUT2D eigenvalue weighted by atomic mass is 10.0. The van der Waals surface area contributed by atoms with Gasteiger partial charge in [-0.2, -0.15) is 0 Å². The summed E-state index contributed by atoms with van der Waals surface area (Å²) in [5, 5.41) is 0. The molecule has 0 aliphatic carbocycles. The van der Waals surface area contributed by atoms with Gasteiger partial charge in [0.25, 0.3) is 0 Å². The second-order valence-corrected chi connectivity index (χ2v) is 5.44. The Balaban J connectivity index is 2.47. The first-order valence-corrected chi connectivity index (χ1v) is 6.52. The summed E-state index contributed by atoms with van der Waals surface area (Å²) in [6.07, 6.45) is 0. The van der Waals surface area contributed by atoms with Gasteiger partial charge in [0.15, 0.2) is 5.78 Å². The zero-order chi connectivity index (χ0) is 13.3. The van der Waals surface area contributed by atoms with Crippen molar-refractivity contribution in [3.63, 3.8) is 0 Å². The number of carbonyl (C=O) groups excluding carboxylic acids is 1. The summed E-state index contributed by atoms with van der Waals surface area (Å²) < 4.78 is 27.7. The van der Waals surface area contributed by atoms with Gasteiger partial charge < -0.3 is 0 Å². The van der Waals surface area contributed by atoms with Crippen LogP contribution in [0.2, 0.25) is 0 Å². The number of carbonyl (C=O) groups is 1. The Morgan fingerprint density at radius 2 is 1.56 bits per heavy atom. The van der Waals surface area contributed by atoms with Crippen molar-refractivity contribution < 1.29 is 13.6 Å². The zero-order valence-electron chi connectivity index (χ0n) is 8.88. The van der Waals surface area contributed by atoms with E-state index >= 15 is 0 Å². The van der Waals surface area contributed by atoms with Crippen LogP contribution in [0.5, 0.6) is 0 Å². The quantitative estimate of drug-likeness (QED) is 0.694. The molecule has 1 nitrogen and oxygen atoms in total. The molecule has 0 aliphatic heterocycles. The van der Waals surface area contributed by atoms with E-state index in [1.165, 1.54) is 0 Å². The van der Waals surface area contributed by atoms with Gasteiger partial charge in [-0.25, -0.2) is 8.78 Å². The van der Waals surface area contributed by atoms with E-state index in [1.54, 1.807) is 18.2 Å². The lowest BCUT2D eigenvalue weighted by Gasteiger charge is -2.04. The first-order chi connectivity index (χ1) is 8.47. The monoisotopic (exact) mass is 374 g/mol. The molecule has 0 aromatic heterocycles. The maximum atomic E-state index is 13.5. The molecule has 0 saturated heterocycles. The molecule has 0 bridgehead atoms. The van der Waals surface area contributed by atoms with Crippen LogP contribution < -0.4 is 0 Å². The highest BCUT2D eigenvalue weighted by Crippen LogP contribution is 2.23. The first kappa shape index (κ1) is 13.4. The van der Waals surface area contributed by atoms with E-state index in [9.17, 15) is 13.6 Å². The Hall–Kier alpha value is -1.07. The van der Waals surface area contributed by atoms with Crippen LogP contribution in [0.15, 0.2) is 45.3 Å². The van der Waals surface area contributed by atoms with Gasteiger partial charge in [-0.15, -0.1) is 0 Å². The molecule has 92 valence electrons. The normalized spacial score (nSPS) is 10.4. The van der Waals surface area contributed by atoms with Gasteiger partial charge in [-0.05, 0) is 30.3 Å². The van der Waals surface area contributed by atoms with Gasteiger partial charge in [-0.3, -0.25) is 4.79 Å². The lowest BCUT2D eigenvalue weighted by molar-refractivity contribution is 0.103. The van der Waals surface area contributed by atoms with Crippen LogP contribution in [0.25, 0.3) is 0 Å². The Kier molecular flexibility index (Phi) is 3.92. The van der Waals surface area contributed by atoms with E-state index in [4.69, 9.17) is 0 Å². The minimum absolute atomic E-state index is 0.151. The van der Waals surface area contributed by atoms with Gasteiger partial charge in [0.05, 0.1) is 5.56 Å². The van der Waals surface area contributed by atoms with Gasteiger partial charge in [0.2, 0.25) is 0 Å². The summed E-state index contributed by atoms with van der Waals surface area (Å²) in [7, 11) is 0. The molecule has 0 unspecified atom stereocenters. The maximum Gasteiger partial charge on any atom is 0.196 e. The van der Waals surface area contributed by atoms with E-state index in [0.29, 0.717) is 20.6 Å². The predicted octanol–water partition coefficient (Wildman–Crippen LogP) is 4.72. The van der Waals surface area contributed by atoms with E-state index in [-0.39, 0.29) is 5.56 Å². The second kappa shape index (κ2) is 5.28. The van der Waals surface area contributed by atoms with Crippen LogP contribution in [-0.2, 0) is 0 Å². The van der Waals surface area contributed by atoms with Crippen molar-refractivity contribution in [3.8, 4) is 0 Å². The SMILES string of the molecule is O=C(c1cc(Br)cc(Br)c1)c1ccc(F)cc1F. The highest BCUT2D eigenvalue weighted by atomic mass is 79.9. The molecule has 0 N–H and O–H groups in total. The van der Waals surface area contributed by atoms with Crippen molar-refractivity contribution in [1.29, 1.82) is 0 Å². The third kappa shape index (κ3) is 2.84. The molecule has 0 saturated carbocycles. The van der Waals surface area contributed by atoms with Crippen molar-refractivity contribution >= 4 is 37.6 Å². The molecule has 0 fully saturated rings. The van der Waals surface area contributed by atoms with Gasteiger partial charge in [-0.1, -0.05) is 31.9 Å². The number of hydrogen-bond donors (Lipinski definition) is 0. The average molecular weight is 376 g/mol. The standard InChI is InChI=1S/C13H6Br2F2O/c14-8-3-7(4-9(15)5-8)13(18)11-2-1-10(16)6-12(11)17/h1-6H. The van der Waals surface area contributed by atoms with E-state index in [1.807, 2.05) is 0 Å². The van der Waals surface area contributed by atoms with Crippen LogP contribution in [0.1, 0.15) is 15.9 Å². The van der Waals surface area contributed by atoms with E-state index in [0.717, 1.165) is 12.1 Å². The number of hydrogen-bond acceptors (Lipinski definition) is 1. The number of halogens is 4. The van der Waals surface area contributed by atoms with Crippen molar-refractivity contribution in [2.45, 2.75) is 0 Å². The summed E-state index contributed by atoms with van der Waals surface area (Å²) in [5.41, 5.74) is 0.170. The Morgan fingerprint density at radius 3 is 2.11 bits per heavy atom. The molecular formula is C13H6Br2F2O. The highest BCUT2D eigenvalue weighted by molar-refractivity contribution is 9.11. The van der Waals surface area contributed by atoms with Gasteiger partial charge in [0.1, 0.15) is 11.6 Å². The van der Waals surface area contributed by atoms with Crippen LogP contribution in [0.3, 0.4) is 0 Å². The van der Waals surface area contributed by atoms with Crippen LogP contribution >= 0.6 is 31.9 Å². The molecule has 2 aromatic rings. The molecule has 0 amide bonds. The Labute approximate surface area is 119 Å². The Morgan fingerprint density at radius 1 is 0.944 bits per heavy atom. The first-order valence-electron chi connectivity index (χ1n) is 4.93. The van der Waals surface area contributed by atoms with Crippen LogP contribution in [0.4, 0.5) is 8.78 Å². The smallest absolute Gasteiger partial charge is 0.196 e. The molecule has 0 atom stereocenters. The van der Waals surface area contributed by atoms with E-state index < -0.39 is 17.4 Å². The summed E-state index contributed by atoms with van der Waals surface area (Å²) in [5.74, 6) is -2.06. The van der Waals surface area contributed by atoms with Gasteiger partial charge in [0, 0.05) is 20.6 Å². The molecule has 0 heterocycles. The molecule has 0 aliphatic rings. The highest BCUT2D eigenvalue weighted by Gasteiger charge is 2.15. The molecule has 0 spiro atoms. The summed E-state index contributed by atoms with van der Waals surface area (Å²) in [6.45, 7) is 0. The largest absolute Gasteiger partial charge is 0.288 e. The molecule has 18 heavy (non-hydrogen) atoms. The maximum absolute atomic E-state index is 13.5. The second-order valence-electron chi connectivity index (χ2n) is 3.61. The zero-order valence-corrected chi connectivity index (χ0v) is 12.1. The minimum Gasteiger partial charge on any atom is -0.288 e. The van der Waals surface area contributed by atoms with Crippen molar-refractivity contribution in [2.75, 3.05) is 0 Å². The third-order valence-corrected chi connectivity index (χ3v) is 3.22. The molecule has 2 aromatic carbocycles. The van der Waals surface area contributed by atoms with Crippen molar-refractivity contribution in [3.05, 3.63) is 68.1 Å². The molecular weight excluding hydrogens is 370 g/mol. The summed E-state index contributed by atoms with van der Waals surface area (Å²) in [6, 6.07) is 7.81. The fourth-order valence-corrected chi connectivity index (χ4v) is 2.81.